The van der Waals surface area contributed by atoms with Crippen LogP contribution in [-0.2, 0) is 6.54 Å². The van der Waals surface area contributed by atoms with E-state index in [1.165, 1.54) is 10.9 Å². The molecule has 0 bridgehead atoms. The van der Waals surface area contributed by atoms with Crippen LogP contribution in [0.15, 0.2) is 6.20 Å². The lowest BCUT2D eigenvalue weighted by molar-refractivity contribution is 0.0706. The lowest BCUT2D eigenvalue weighted by atomic mass is 9.92. The summed E-state index contributed by atoms with van der Waals surface area (Å²) in [5.74, 6) is -0.398. The van der Waals surface area contributed by atoms with Gasteiger partial charge in [-0.3, -0.25) is 9.48 Å². The first-order chi connectivity index (χ1) is 10.4. The molecule has 5 nitrogen and oxygen atoms in total. The van der Waals surface area contributed by atoms with Gasteiger partial charge in [-0.25, -0.2) is 8.78 Å². The predicted octanol–water partition coefficient (Wildman–Crippen LogP) is 2.51. The number of halogens is 2. The molecule has 0 saturated heterocycles. The van der Waals surface area contributed by atoms with Crippen LogP contribution < -0.4 is 5.32 Å². The molecule has 2 N–H and O–H groups in total. The molecule has 2 unspecified atom stereocenters. The van der Waals surface area contributed by atoms with Gasteiger partial charge in [0.1, 0.15) is 0 Å². The highest BCUT2D eigenvalue weighted by atomic mass is 19.3. The van der Waals surface area contributed by atoms with Gasteiger partial charge in [-0.2, -0.15) is 5.10 Å². The van der Waals surface area contributed by atoms with Crippen LogP contribution in [0.25, 0.3) is 0 Å². The van der Waals surface area contributed by atoms with E-state index in [9.17, 15) is 18.7 Å². The molecule has 1 saturated carbocycles. The maximum absolute atomic E-state index is 13.1. The zero-order valence-electron chi connectivity index (χ0n) is 12.9. The molecule has 7 heteroatoms. The summed E-state index contributed by atoms with van der Waals surface area (Å²) < 4.78 is 27.6. The van der Waals surface area contributed by atoms with Crippen molar-refractivity contribution >= 4 is 5.91 Å². The summed E-state index contributed by atoms with van der Waals surface area (Å²) in [4.78, 5) is 12.3. The first-order valence-corrected chi connectivity index (χ1v) is 7.73. The van der Waals surface area contributed by atoms with Gasteiger partial charge in [0.05, 0.1) is 17.7 Å². The second kappa shape index (κ2) is 7.17. The minimum absolute atomic E-state index is 0.238. The monoisotopic (exact) mass is 315 g/mol. The van der Waals surface area contributed by atoms with E-state index in [1.54, 1.807) is 0 Å². The fraction of sp³-hybridized carbons (Fsp3) is 0.733. The second-order valence-corrected chi connectivity index (χ2v) is 6.28. The average molecular weight is 315 g/mol. The van der Waals surface area contributed by atoms with E-state index in [0.29, 0.717) is 19.4 Å². The number of hydrogen-bond acceptors (Lipinski definition) is 3. The molecule has 0 spiro atoms. The van der Waals surface area contributed by atoms with Gasteiger partial charge in [-0.15, -0.1) is 0 Å². The Labute approximate surface area is 128 Å². The number of nitrogens with one attached hydrogen (secondary N) is 1. The van der Waals surface area contributed by atoms with Crippen molar-refractivity contribution in [2.75, 3.05) is 0 Å². The maximum atomic E-state index is 13.1. The van der Waals surface area contributed by atoms with Crippen molar-refractivity contribution in [3.05, 3.63) is 17.5 Å². The van der Waals surface area contributed by atoms with Crippen molar-refractivity contribution in [2.45, 2.75) is 64.6 Å². The van der Waals surface area contributed by atoms with Gasteiger partial charge in [0.25, 0.3) is 12.3 Å². The fourth-order valence-corrected chi connectivity index (χ4v) is 2.76. The highest BCUT2D eigenvalue weighted by Crippen LogP contribution is 2.24. The average Bonchev–Trinajstić information content (AvgIpc) is 2.84. The number of rotatable bonds is 5. The van der Waals surface area contributed by atoms with E-state index in [0.717, 1.165) is 12.8 Å². The maximum Gasteiger partial charge on any atom is 0.272 e. The predicted molar refractivity (Wildman–Crippen MR) is 77.8 cm³/mol. The molecule has 1 aliphatic rings. The topological polar surface area (TPSA) is 67.2 Å². The van der Waals surface area contributed by atoms with Gasteiger partial charge < -0.3 is 10.4 Å². The van der Waals surface area contributed by atoms with Crippen LogP contribution in [0, 0.1) is 5.92 Å². The van der Waals surface area contributed by atoms with Crippen LogP contribution >= 0.6 is 0 Å². The molecular weight excluding hydrogens is 292 g/mol. The normalized spacial score (nSPS) is 22.3. The largest absolute Gasteiger partial charge is 0.391 e. The molecule has 2 atom stereocenters. The van der Waals surface area contributed by atoms with Crippen molar-refractivity contribution in [1.82, 2.24) is 15.1 Å². The molecular formula is C15H23F2N3O2. The molecule has 1 heterocycles. The number of amides is 1. The Morgan fingerprint density at radius 3 is 2.73 bits per heavy atom. The molecule has 0 aromatic carbocycles. The fourth-order valence-electron chi connectivity index (χ4n) is 2.76. The van der Waals surface area contributed by atoms with Crippen LogP contribution in [0.2, 0.25) is 0 Å². The van der Waals surface area contributed by atoms with Crippen LogP contribution in [0.3, 0.4) is 0 Å². The van der Waals surface area contributed by atoms with E-state index in [2.05, 4.69) is 10.4 Å². The molecule has 124 valence electrons. The summed E-state index contributed by atoms with van der Waals surface area (Å²) in [6, 6.07) is -0.387. The Hall–Kier alpha value is -1.50. The Morgan fingerprint density at radius 2 is 2.14 bits per heavy atom. The molecule has 1 aromatic rings. The molecule has 1 aliphatic carbocycles. The van der Waals surface area contributed by atoms with Gasteiger partial charge in [-0.1, -0.05) is 26.7 Å². The van der Waals surface area contributed by atoms with Crippen molar-refractivity contribution < 1.29 is 18.7 Å². The minimum atomic E-state index is -2.75. The summed E-state index contributed by atoms with van der Waals surface area (Å²) in [6.07, 6.45) is 0.961. The Kier molecular flexibility index (Phi) is 5.50. The van der Waals surface area contributed by atoms with Crippen molar-refractivity contribution in [1.29, 1.82) is 0 Å². The number of aliphatic hydroxyl groups excluding tert-OH is 1. The zero-order chi connectivity index (χ0) is 16.3. The van der Waals surface area contributed by atoms with Gasteiger partial charge in [0.2, 0.25) is 0 Å². The lowest BCUT2D eigenvalue weighted by Crippen LogP contribution is -2.45. The van der Waals surface area contributed by atoms with E-state index < -0.39 is 18.4 Å². The number of aliphatic hydroxyl groups is 1. The molecule has 0 radical (unpaired) electrons. The number of alkyl halides is 2. The van der Waals surface area contributed by atoms with Crippen molar-refractivity contribution in [3.63, 3.8) is 0 Å². The summed E-state index contributed by atoms with van der Waals surface area (Å²) in [5, 5.41) is 16.5. The third-order valence-electron chi connectivity index (χ3n) is 3.84. The van der Waals surface area contributed by atoms with E-state index >= 15 is 0 Å². The van der Waals surface area contributed by atoms with E-state index in [-0.39, 0.29) is 23.2 Å². The first-order valence-electron chi connectivity index (χ1n) is 7.73. The van der Waals surface area contributed by atoms with Crippen molar-refractivity contribution in [3.8, 4) is 0 Å². The number of hydrogen-bond donors (Lipinski definition) is 2. The number of carbonyl (C=O) groups is 1. The molecule has 1 aromatic heterocycles. The minimum Gasteiger partial charge on any atom is -0.391 e. The highest BCUT2D eigenvalue weighted by Gasteiger charge is 2.29. The van der Waals surface area contributed by atoms with Crippen LogP contribution in [0.5, 0.6) is 0 Å². The number of aromatic nitrogens is 2. The quantitative estimate of drug-likeness (QED) is 0.877. The molecule has 1 fully saturated rings. The van der Waals surface area contributed by atoms with Crippen molar-refractivity contribution in [2.24, 2.45) is 5.92 Å². The zero-order valence-corrected chi connectivity index (χ0v) is 12.9. The van der Waals surface area contributed by atoms with Gasteiger partial charge in [0, 0.05) is 12.7 Å². The highest BCUT2D eigenvalue weighted by molar-refractivity contribution is 5.94. The number of carbonyl (C=O) groups excluding carboxylic acids is 1. The summed E-state index contributed by atoms with van der Waals surface area (Å²) in [5.41, 5.74) is -0.600. The summed E-state index contributed by atoms with van der Waals surface area (Å²) in [7, 11) is 0. The Bertz CT molecular complexity index is 517. The van der Waals surface area contributed by atoms with E-state index in [1.807, 2.05) is 13.8 Å². The van der Waals surface area contributed by atoms with E-state index in [4.69, 9.17) is 0 Å². The molecule has 1 amide bonds. The first kappa shape index (κ1) is 16.9. The smallest absolute Gasteiger partial charge is 0.272 e. The molecule has 2 rings (SSSR count). The van der Waals surface area contributed by atoms with Crippen LogP contribution in [0.1, 0.15) is 62.0 Å². The lowest BCUT2D eigenvalue weighted by Gasteiger charge is -2.28. The SMILES string of the molecule is CC(C)Cn1cc(C(F)F)c(C(=O)NC2CCCCC2O)n1. The third kappa shape index (κ3) is 4.03. The Morgan fingerprint density at radius 1 is 1.45 bits per heavy atom. The van der Waals surface area contributed by atoms with Gasteiger partial charge >= 0.3 is 0 Å². The molecule has 0 aliphatic heterocycles. The number of nitrogens with zero attached hydrogens (tertiary/aromatic N) is 2. The second-order valence-electron chi connectivity index (χ2n) is 6.28. The summed E-state index contributed by atoms with van der Waals surface area (Å²) in [6.45, 7) is 4.36. The molecule has 22 heavy (non-hydrogen) atoms. The third-order valence-corrected chi connectivity index (χ3v) is 3.84. The van der Waals surface area contributed by atoms with Crippen LogP contribution in [0.4, 0.5) is 8.78 Å². The summed E-state index contributed by atoms with van der Waals surface area (Å²) >= 11 is 0. The Balaban J connectivity index is 2.15. The standard InChI is InChI=1S/C15H23F2N3O2/c1-9(2)7-20-8-10(14(16)17)13(19-20)15(22)18-11-5-3-4-6-12(11)21/h8-9,11-12,14,21H,3-7H2,1-2H3,(H,18,22). The van der Waals surface area contributed by atoms with Crippen LogP contribution in [-0.4, -0.2) is 32.9 Å². The van der Waals surface area contributed by atoms with Gasteiger partial charge in [-0.05, 0) is 18.8 Å². The van der Waals surface area contributed by atoms with Gasteiger partial charge in [0.15, 0.2) is 5.69 Å².